The largest absolute Gasteiger partial charge is 0.487 e. The van der Waals surface area contributed by atoms with Gasteiger partial charge in [0.15, 0.2) is 0 Å². The Balaban J connectivity index is 1.62. The Morgan fingerprint density at radius 3 is 2.52 bits per heavy atom. The summed E-state index contributed by atoms with van der Waals surface area (Å²) >= 11 is 0. The van der Waals surface area contributed by atoms with Crippen LogP contribution >= 0.6 is 0 Å². The molecule has 5 heteroatoms. The average Bonchev–Trinajstić information content (AvgIpc) is 3.00. The molecule has 0 saturated carbocycles. The fourth-order valence-corrected chi connectivity index (χ4v) is 2.42. The highest BCUT2D eigenvalue weighted by Gasteiger charge is 2.11. The second kappa shape index (κ2) is 7.66. The van der Waals surface area contributed by atoms with Gasteiger partial charge in [-0.05, 0) is 43.2 Å². The second-order valence-corrected chi connectivity index (χ2v) is 5.71. The molecular formula is C20H19NO4. The van der Waals surface area contributed by atoms with Crippen LogP contribution in [0.15, 0.2) is 59.0 Å². The van der Waals surface area contributed by atoms with E-state index in [0.29, 0.717) is 24.7 Å². The highest BCUT2D eigenvalue weighted by molar-refractivity contribution is 5.67. The Morgan fingerprint density at radius 2 is 1.84 bits per heavy atom. The molecule has 0 unspecified atom stereocenters. The van der Waals surface area contributed by atoms with Gasteiger partial charge in [-0.25, -0.2) is 4.98 Å². The first-order valence-electron chi connectivity index (χ1n) is 8.07. The molecular weight excluding hydrogens is 318 g/mol. The minimum atomic E-state index is -0.795. The number of oxazole rings is 1. The zero-order valence-electron chi connectivity index (χ0n) is 13.9. The summed E-state index contributed by atoms with van der Waals surface area (Å²) in [6.07, 6.45) is 0.638. The Labute approximate surface area is 145 Å². The predicted octanol–water partition coefficient (Wildman–Crippen LogP) is 4.25. The van der Waals surface area contributed by atoms with E-state index in [-0.39, 0.29) is 6.42 Å². The van der Waals surface area contributed by atoms with Gasteiger partial charge in [-0.1, -0.05) is 30.3 Å². The normalized spacial score (nSPS) is 10.6. The standard InChI is InChI=1S/C20H19NO4/c1-14-18(21-20(25-14)16-5-3-2-4-6-16)13-24-17-10-7-15(8-11-17)9-12-19(22)23/h2-8,10-11H,9,12-13H2,1H3,(H,22,23). The zero-order chi connectivity index (χ0) is 17.6. The molecule has 0 saturated heterocycles. The van der Waals surface area contributed by atoms with Gasteiger partial charge in [-0.15, -0.1) is 0 Å². The Bertz CT molecular complexity index is 838. The molecule has 0 bridgehead atoms. The monoisotopic (exact) mass is 337 g/mol. The van der Waals surface area contributed by atoms with Crippen LogP contribution in [0.3, 0.4) is 0 Å². The van der Waals surface area contributed by atoms with E-state index >= 15 is 0 Å². The molecule has 25 heavy (non-hydrogen) atoms. The van der Waals surface area contributed by atoms with Crippen molar-refractivity contribution in [2.45, 2.75) is 26.4 Å². The van der Waals surface area contributed by atoms with Crippen molar-refractivity contribution in [3.05, 3.63) is 71.6 Å². The SMILES string of the molecule is Cc1oc(-c2ccccc2)nc1COc1ccc(CCC(=O)O)cc1. The van der Waals surface area contributed by atoms with Crippen molar-refractivity contribution in [3.8, 4) is 17.2 Å². The third-order valence-corrected chi connectivity index (χ3v) is 3.84. The summed E-state index contributed by atoms with van der Waals surface area (Å²) in [6, 6.07) is 17.2. The van der Waals surface area contributed by atoms with Crippen LogP contribution in [0.5, 0.6) is 5.75 Å². The number of nitrogens with zero attached hydrogens (tertiary/aromatic N) is 1. The summed E-state index contributed by atoms with van der Waals surface area (Å²) in [7, 11) is 0. The van der Waals surface area contributed by atoms with Crippen molar-refractivity contribution >= 4 is 5.97 Å². The van der Waals surface area contributed by atoms with Gasteiger partial charge in [0.25, 0.3) is 0 Å². The van der Waals surface area contributed by atoms with Gasteiger partial charge in [0.1, 0.15) is 23.8 Å². The fraction of sp³-hybridized carbons (Fsp3) is 0.200. The maximum atomic E-state index is 10.6. The van der Waals surface area contributed by atoms with Crippen molar-refractivity contribution in [2.24, 2.45) is 0 Å². The number of rotatable bonds is 7. The van der Waals surface area contributed by atoms with E-state index in [2.05, 4.69) is 4.98 Å². The van der Waals surface area contributed by atoms with Crippen LogP contribution in [0.25, 0.3) is 11.5 Å². The number of benzene rings is 2. The molecule has 0 aliphatic rings. The topological polar surface area (TPSA) is 72.6 Å². The van der Waals surface area contributed by atoms with Gasteiger partial charge in [0, 0.05) is 12.0 Å². The van der Waals surface area contributed by atoms with Gasteiger partial charge in [0.05, 0.1) is 0 Å². The molecule has 1 N–H and O–H groups in total. The third-order valence-electron chi connectivity index (χ3n) is 3.84. The second-order valence-electron chi connectivity index (χ2n) is 5.71. The molecule has 0 aliphatic heterocycles. The molecule has 0 amide bonds. The first kappa shape index (κ1) is 16.8. The molecule has 1 heterocycles. The summed E-state index contributed by atoms with van der Waals surface area (Å²) in [4.78, 5) is 15.1. The molecule has 3 aromatic rings. The lowest BCUT2D eigenvalue weighted by atomic mass is 10.1. The highest BCUT2D eigenvalue weighted by Crippen LogP contribution is 2.22. The molecule has 0 spiro atoms. The van der Waals surface area contributed by atoms with Crippen LogP contribution in [0.1, 0.15) is 23.4 Å². The van der Waals surface area contributed by atoms with E-state index in [1.165, 1.54) is 0 Å². The maximum absolute atomic E-state index is 10.6. The van der Waals surface area contributed by atoms with E-state index in [1.807, 2.05) is 61.5 Å². The number of aryl methyl sites for hydroxylation is 2. The molecule has 0 atom stereocenters. The first-order valence-corrected chi connectivity index (χ1v) is 8.07. The van der Waals surface area contributed by atoms with Gasteiger partial charge < -0.3 is 14.3 Å². The summed E-state index contributed by atoms with van der Waals surface area (Å²) < 4.78 is 11.5. The van der Waals surface area contributed by atoms with Crippen molar-refractivity contribution in [3.63, 3.8) is 0 Å². The van der Waals surface area contributed by atoms with Gasteiger partial charge >= 0.3 is 5.97 Å². The number of hydrogen-bond acceptors (Lipinski definition) is 4. The molecule has 0 fully saturated rings. The Kier molecular flexibility index (Phi) is 5.14. The lowest BCUT2D eigenvalue weighted by Gasteiger charge is -2.05. The van der Waals surface area contributed by atoms with Crippen molar-refractivity contribution < 1.29 is 19.1 Å². The number of carboxylic acid groups (broad SMARTS) is 1. The lowest BCUT2D eigenvalue weighted by Crippen LogP contribution is -1.99. The third kappa shape index (κ3) is 4.47. The van der Waals surface area contributed by atoms with Crippen LogP contribution in [-0.4, -0.2) is 16.1 Å². The van der Waals surface area contributed by atoms with Gasteiger partial charge in [-0.3, -0.25) is 4.79 Å². The number of hydrogen-bond donors (Lipinski definition) is 1. The predicted molar refractivity (Wildman–Crippen MR) is 93.4 cm³/mol. The molecule has 2 aromatic carbocycles. The van der Waals surface area contributed by atoms with Crippen LogP contribution < -0.4 is 4.74 Å². The number of ether oxygens (including phenoxy) is 1. The molecule has 1 aromatic heterocycles. The number of aliphatic carboxylic acids is 1. The van der Waals surface area contributed by atoms with Crippen molar-refractivity contribution in [1.29, 1.82) is 0 Å². The Morgan fingerprint density at radius 1 is 1.12 bits per heavy atom. The smallest absolute Gasteiger partial charge is 0.303 e. The minimum absolute atomic E-state index is 0.126. The minimum Gasteiger partial charge on any atom is -0.487 e. The molecule has 0 radical (unpaired) electrons. The van der Waals surface area contributed by atoms with Gasteiger partial charge in [0.2, 0.25) is 5.89 Å². The summed E-state index contributed by atoms with van der Waals surface area (Å²) in [6.45, 7) is 2.18. The summed E-state index contributed by atoms with van der Waals surface area (Å²) in [5.41, 5.74) is 2.66. The van der Waals surface area contributed by atoms with Gasteiger partial charge in [-0.2, -0.15) is 0 Å². The van der Waals surface area contributed by atoms with Crippen LogP contribution in [0.4, 0.5) is 0 Å². The van der Waals surface area contributed by atoms with Crippen LogP contribution in [-0.2, 0) is 17.8 Å². The van der Waals surface area contributed by atoms with Crippen molar-refractivity contribution in [2.75, 3.05) is 0 Å². The van der Waals surface area contributed by atoms with E-state index < -0.39 is 5.97 Å². The zero-order valence-corrected chi connectivity index (χ0v) is 13.9. The number of carboxylic acids is 1. The first-order chi connectivity index (χ1) is 12.1. The molecule has 0 aliphatic carbocycles. The van der Waals surface area contributed by atoms with Crippen LogP contribution in [0.2, 0.25) is 0 Å². The number of carbonyl (C=O) groups is 1. The average molecular weight is 337 g/mol. The van der Waals surface area contributed by atoms with E-state index in [9.17, 15) is 4.79 Å². The highest BCUT2D eigenvalue weighted by atomic mass is 16.5. The van der Waals surface area contributed by atoms with E-state index in [1.54, 1.807) is 0 Å². The quantitative estimate of drug-likeness (QED) is 0.698. The van der Waals surface area contributed by atoms with E-state index in [4.69, 9.17) is 14.3 Å². The van der Waals surface area contributed by atoms with E-state index in [0.717, 1.165) is 22.6 Å². The summed E-state index contributed by atoms with van der Waals surface area (Å²) in [5, 5.41) is 8.71. The lowest BCUT2D eigenvalue weighted by molar-refractivity contribution is -0.136. The molecule has 3 rings (SSSR count). The summed E-state index contributed by atoms with van der Waals surface area (Å²) in [5.74, 6) is 1.23. The molecule has 128 valence electrons. The fourth-order valence-electron chi connectivity index (χ4n) is 2.42. The molecule has 5 nitrogen and oxygen atoms in total. The Hall–Kier alpha value is -3.08. The number of aromatic nitrogens is 1. The van der Waals surface area contributed by atoms with Crippen LogP contribution in [0, 0.1) is 6.92 Å². The van der Waals surface area contributed by atoms with Crippen molar-refractivity contribution in [1.82, 2.24) is 4.98 Å². The maximum Gasteiger partial charge on any atom is 0.303 e.